The monoisotopic (exact) mass is 757 g/mol. The summed E-state index contributed by atoms with van der Waals surface area (Å²) in [5.74, 6) is 1.72. The number of rotatable bonds is 14. The predicted octanol–water partition coefficient (Wildman–Crippen LogP) is 7.62. The number of nitrogens with zero attached hydrogens (tertiary/aromatic N) is 6. The number of benzene rings is 2. The molecule has 0 radical (unpaired) electrons. The van der Waals surface area contributed by atoms with Gasteiger partial charge in [0.2, 0.25) is 18.2 Å². The third-order valence-electron chi connectivity index (χ3n) is 10.8. The van der Waals surface area contributed by atoms with Crippen molar-refractivity contribution in [2.75, 3.05) is 25.5 Å². The van der Waals surface area contributed by atoms with Crippen LogP contribution < -0.4 is 5.32 Å². The Kier molecular flexibility index (Phi) is 11.9. The fourth-order valence-corrected chi connectivity index (χ4v) is 7.76. The lowest BCUT2D eigenvalue weighted by atomic mass is 10.0. The van der Waals surface area contributed by atoms with E-state index < -0.39 is 6.04 Å². The molecule has 0 spiro atoms. The lowest BCUT2D eigenvalue weighted by molar-refractivity contribution is -0.188. The van der Waals surface area contributed by atoms with Crippen LogP contribution in [-0.4, -0.2) is 85.2 Å². The van der Waals surface area contributed by atoms with Gasteiger partial charge in [-0.3, -0.25) is 14.6 Å². The first-order chi connectivity index (χ1) is 27.2. The topological polar surface area (TPSA) is 154 Å². The number of aliphatic imine (C=N–C) groups is 1. The Bertz CT molecular complexity index is 2090. The fraction of sp³-hybridized carbons (Fsp3) is 0.395. The maximum atomic E-state index is 13.9. The van der Waals surface area contributed by atoms with Crippen molar-refractivity contribution >= 4 is 23.9 Å². The van der Waals surface area contributed by atoms with Crippen LogP contribution in [0.4, 0.5) is 5.69 Å². The maximum Gasteiger partial charge on any atom is 0.248 e. The Labute approximate surface area is 327 Å². The van der Waals surface area contributed by atoms with Gasteiger partial charge in [0, 0.05) is 25.5 Å². The first-order valence-electron chi connectivity index (χ1n) is 19.5. The highest BCUT2D eigenvalue weighted by molar-refractivity contribution is 5.86. The molecule has 2 aliphatic rings. The standard InChI is InChI=1S/C43H51N9O4/c1-27(2)38(47-26-56-55-5)42(53)51-21-7-10-36(51)40-45-24-34(49-40)31-16-12-29(13-17-31)30-14-18-32(19-15-30)35-25-46-41(50-35)37-11-8-22-52(37)43(54)39(28(3)4)48-33-9-6-20-44-23-33/h6,9,12-20,23-28,36-39,48H,7-8,10-11,21-22H2,1-5H3,(H,45,49)(H,46,50)/b47-26+/t36-,37-,38-,39-/m0/s1. The molecule has 3 N–H and O–H groups in total. The second kappa shape index (κ2) is 17.3. The molecule has 5 heterocycles. The van der Waals surface area contributed by atoms with E-state index in [0.29, 0.717) is 13.1 Å². The molecule has 0 aliphatic carbocycles. The van der Waals surface area contributed by atoms with Gasteiger partial charge in [0.1, 0.15) is 23.7 Å². The zero-order valence-electron chi connectivity index (χ0n) is 32.7. The van der Waals surface area contributed by atoms with Crippen molar-refractivity contribution in [1.82, 2.24) is 34.7 Å². The predicted molar refractivity (Wildman–Crippen MR) is 216 cm³/mol. The largest absolute Gasteiger partial charge is 0.372 e. The van der Waals surface area contributed by atoms with Gasteiger partial charge in [-0.15, -0.1) is 0 Å². The van der Waals surface area contributed by atoms with Crippen LogP contribution in [0, 0.1) is 11.8 Å². The number of carbonyl (C=O) groups excluding carboxylic acids is 2. The van der Waals surface area contributed by atoms with Crippen LogP contribution in [0.15, 0.2) is 90.4 Å². The molecule has 13 nitrogen and oxygen atoms in total. The normalized spacial score (nSPS) is 18.3. The Morgan fingerprint density at radius 1 is 0.768 bits per heavy atom. The number of H-pyrrole nitrogens is 2. The van der Waals surface area contributed by atoms with Gasteiger partial charge >= 0.3 is 0 Å². The van der Waals surface area contributed by atoms with Gasteiger partial charge in [0.05, 0.1) is 48.7 Å². The number of hydrogen-bond donors (Lipinski definition) is 3. The van der Waals surface area contributed by atoms with E-state index in [2.05, 4.69) is 92.5 Å². The minimum absolute atomic E-state index is 0.00265. The molecular weight excluding hydrogens is 707 g/mol. The zero-order valence-corrected chi connectivity index (χ0v) is 32.7. The summed E-state index contributed by atoms with van der Waals surface area (Å²) in [4.78, 5) is 65.7. The summed E-state index contributed by atoms with van der Waals surface area (Å²) in [6, 6.07) is 19.4. The van der Waals surface area contributed by atoms with Gasteiger partial charge in [0.15, 0.2) is 0 Å². The third kappa shape index (κ3) is 8.37. The van der Waals surface area contributed by atoms with E-state index in [9.17, 15) is 9.59 Å². The minimum atomic E-state index is -0.566. The van der Waals surface area contributed by atoms with Crippen LogP contribution in [0.5, 0.6) is 0 Å². The van der Waals surface area contributed by atoms with Crippen molar-refractivity contribution < 1.29 is 19.4 Å². The Morgan fingerprint density at radius 2 is 1.30 bits per heavy atom. The number of nitrogens with one attached hydrogen (secondary N) is 3. The summed E-state index contributed by atoms with van der Waals surface area (Å²) in [5, 5.41) is 3.41. The highest BCUT2D eigenvalue weighted by Crippen LogP contribution is 2.35. The van der Waals surface area contributed by atoms with Crippen molar-refractivity contribution in [3.05, 3.63) is 97.1 Å². The van der Waals surface area contributed by atoms with Crippen LogP contribution in [0.25, 0.3) is 33.6 Å². The molecule has 3 aromatic heterocycles. The molecule has 2 aliphatic heterocycles. The first kappa shape index (κ1) is 38.5. The smallest absolute Gasteiger partial charge is 0.248 e. The van der Waals surface area contributed by atoms with Crippen molar-refractivity contribution in [2.45, 2.75) is 77.5 Å². The number of likely N-dealkylation sites (tertiary alicyclic amines) is 2. The molecule has 2 saturated heterocycles. The Morgan fingerprint density at radius 3 is 1.79 bits per heavy atom. The molecule has 4 atom stereocenters. The molecule has 5 aromatic rings. The number of pyridine rings is 1. The lowest BCUT2D eigenvalue weighted by Crippen LogP contribution is -2.45. The summed E-state index contributed by atoms with van der Waals surface area (Å²) in [5.41, 5.74) is 6.88. The Hall–Kier alpha value is -5.82. The van der Waals surface area contributed by atoms with Crippen LogP contribution in [0.1, 0.15) is 77.1 Å². The van der Waals surface area contributed by atoms with Gasteiger partial charge < -0.3 is 30.0 Å². The second-order valence-corrected chi connectivity index (χ2v) is 15.2. The maximum absolute atomic E-state index is 13.9. The van der Waals surface area contributed by atoms with Crippen molar-refractivity contribution in [2.24, 2.45) is 16.8 Å². The van der Waals surface area contributed by atoms with E-state index in [0.717, 1.165) is 76.7 Å². The molecule has 292 valence electrons. The van der Waals surface area contributed by atoms with E-state index in [1.165, 1.54) is 13.5 Å². The molecule has 56 heavy (non-hydrogen) atoms. The van der Waals surface area contributed by atoms with Crippen molar-refractivity contribution in [3.63, 3.8) is 0 Å². The first-order valence-corrected chi connectivity index (χ1v) is 19.5. The van der Waals surface area contributed by atoms with E-state index in [1.807, 2.05) is 48.2 Å². The summed E-state index contributed by atoms with van der Waals surface area (Å²) in [7, 11) is 1.40. The molecule has 2 fully saturated rings. The third-order valence-corrected chi connectivity index (χ3v) is 10.8. The number of aromatic nitrogens is 5. The number of imidazole rings is 2. The fourth-order valence-electron chi connectivity index (χ4n) is 7.76. The number of anilines is 1. The number of aromatic amines is 2. The summed E-state index contributed by atoms with van der Waals surface area (Å²) in [6.45, 7) is 9.42. The van der Waals surface area contributed by atoms with E-state index >= 15 is 0 Å². The summed E-state index contributed by atoms with van der Waals surface area (Å²) in [6.07, 6.45) is 11.9. The van der Waals surface area contributed by atoms with Crippen LogP contribution in [0.3, 0.4) is 0 Å². The number of hydrogen-bond acceptors (Lipinski definition) is 9. The molecule has 2 aromatic carbocycles. The van der Waals surface area contributed by atoms with Crippen LogP contribution in [-0.2, 0) is 19.4 Å². The molecule has 7 rings (SSSR count). The van der Waals surface area contributed by atoms with Crippen LogP contribution in [0.2, 0.25) is 0 Å². The number of amides is 2. The zero-order chi connectivity index (χ0) is 39.2. The molecule has 0 saturated carbocycles. The van der Waals surface area contributed by atoms with Crippen molar-refractivity contribution in [3.8, 4) is 33.6 Å². The van der Waals surface area contributed by atoms with Gasteiger partial charge in [-0.2, -0.15) is 4.89 Å². The SMILES string of the molecule is COO/C=N/[C@H](C(=O)N1CCC[C@H]1c1ncc(-c2ccc(-c3ccc(-c4cnc([C@@H]5CCCN5C(=O)[C@@H](Nc5cccnc5)C(C)C)[nH]4)cc3)cc2)[nH]1)C(C)C. The average Bonchev–Trinajstić information content (AvgIpc) is 4.06. The van der Waals surface area contributed by atoms with Gasteiger partial charge in [-0.05, 0) is 71.9 Å². The second-order valence-electron chi connectivity index (χ2n) is 15.2. The molecule has 13 heteroatoms. The lowest BCUT2D eigenvalue weighted by Gasteiger charge is -2.30. The molecule has 0 unspecified atom stereocenters. The minimum Gasteiger partial charge on any atom is -0.372 e. The molecular formula is C43H51N9O4. The number of carbonyl (C=O) groups is 2. The van der Waals surface area contributed by atoms with Crippen LogP contribution >= 0.6 is 0 Å². The summed E-state index contributed by atoms with van der Waals surface area (Å²) >= 11 is 0. The van der Waals surface area contributed by atoms with E-state index in [-0.39, 0.29) is 41.8 Å². The highest BCUT2D eigenvalue weighted by Gasteiger charge is 2.38. The highest BCUT2D eigenvalue weighted by atomic mass is 17.2. The van der Waals surface area contributed by atoms with Gasteiger partial charge in [0.25, 0.3) is 0 Å². The molecule has 2 amide bonds. The van der Waals surface area contributed by atoms with Gasteiger partial charge in [-0.1, -0.05) is 76.2 Å². The molecule has 0 bridgehead atoms. The Balaban J connectivity index is 0.996. The quantitative estimate of drug-likeness (QED) is 0.0453. The van der Waals surface area contributed by atoms with Gasteiger partial charge in [-0.25, -0.2) is 15.0 Å². The van der Waals surface area contributed by atoms with E-state index in [1.54, 1.807) is 12.4 Å². The average molecular weight is 758 g/mol. The van der Waals surface area contributed by atoms with E-state index in [4.69, 9.17) is 14.9 Å². The summed E-state index contributed by atoms with van der Waals surface area (Å²) < 4.78 is 0. The van der Waals surface area contributed by atoms with Crippen molar-refractivity contribution in [1.29, 1.82) is 0 Å².